The van der Waals surface area contributed by atoms with Crippen LogP contribution in [-0.4, -0.2) is 10.9 Å². The van der Waals surface area contributed by atoms with Gasteiger partial charge in [-0.15, -0.1) is 0 Å². The third-order valence-electron chi connectivity index (χ3n) is 1.23. The van der Waals surface area contributed by atoms with Gasteiger partial charge in [0.05, 0.1) is 0 Å². The van der Waals surface area contributed by atoms with Crippen molar-refractivity contribution in [3.05, 3.63) is 23.5 Å². The molecule has 0 unspecified atom stereocenters. The average molecular weight is 151 g/mol. The Morgan fingerprint density at radius 1 is 1.55 bits per heavy atom. The lowest BCUT2D eigenvalue weighted by Gasteiger charge is -1.98. The number of nitrogens with two attached hydrogens (primary N) is 2. The summed E-state index contributed by atoms with van der Waals surface area (Å²) in [5.74, 6) is -0.555. The summed E-state index contributed by atoms with van der Waals surface area (Å²) in [6.07, 6.45) is 0. The Hall–Kier alpha value is -1.58. The number of nitrogen functional groups attached to an aromatic ring is 1. The second-order valence-electron chi connectivity index (χ2n) is 2.29. The lowest BCUT2D eigenvalue weighted by atomic mass is 10.2. The molecule has 0 aliphatic rings. The SMILES string of the molecule is Cc1cc(N)cc(C(N)=O)n1. The predicted molar refractivity (Wildman–Crippen MR) is 41.9 cm³/mol. The zero-order chi connectivity index (χ0) is 8.43. The summed E-state index contributed by atoms with van der Waals surface area (Å²) >= 11 is 0. The number of rotatable bonds is 1. The molecule has 11 heavy (non-hydrogen) atoms. The first-order valence-corrected chi connectivity index (χ1v) is 3.13. The molecular formula is C7H9N3O. The van der Waals surface area contributed by atoms with E-state index in [0.29, 0.717) is 11.4 Å². The van der Waals surface area contributed by atoms with Crippen LogP contribution < -0.4 is 11.5 Å². The molecule has 0 aromatic carbocycles. The van der Waals surface area contributed by atoms with E-state index in [-0.39, 0.29) is 5.69 Å². The molecule has 1 amide bonds. The number of primary amides is 1. The van der Waals surface area contributed by atoms with Gasteiger partial charge in [0.2, 0.25) is 0 Å². The fraction of sp³-hybridized carbons (Fsp3) is 0.143. The van der Waals surface area contributed by atoms with Crippen LogP contribution in [0.5, 0.6) is 0 Å². The third-order valence-corrected chi connectivity index (χ3v) is 1.23. The standard InChI is InChI=1S/C7H9N3O/c1-4-2-5(8)3-6(10-4)7(9)11/h2-3H,1H3,(H2,8,10)(H2,9,11). The van der Waals surface area contributed by atoms with Crippen molar-refractivity contribution in [2.24, 2.45) is 5.73 Å². The van der Waals surface area contributed by atoms with Crippen molar-refractivity contribution in [2.75, 3.05) is 5.73 Å². The first kappa shape index (κ1) is 7.53. The van der Waals surface area contributed by atoms with Crippen molar-refractivity contribution in [2.45, 2.75) is 6.92 Å². The zero-order valence-corrected chi connectivity index (χ0v) is 6.16. The first-order chi connectivity index (χ1) is 5.09. The summed E-state index contributed by atoms with van der Waals surface area (Å²) < 4.78 is 0. The Bertz CT molecular complexity index is 275. The molecule has 1 aromatic rings. The molecule has 0 radical (unpaired) electrons. The number of aryl methyl sites for hydroxylation is 1. The number of aromatic nitrogens is 1. The fourth-order valence-corrected chi connectivity index (χ4v) is 0.822. The number of hydrogen-bond acceptors (Lipinski definition) is 3. The second kappa shape index (κ2) is 2.57. The van der Waals surface area contributed by atoms with E-state index in [1.165, 1.54) is 6.07 Å². The molecule has 58 valence electrons. The van der Waals surface area contributed by atoms with Crippen LogP contribution in [-0.2, 0) is 0 Å². The molecule has 0 saturated carbocycles. The van der Waals surface area contributed by atoms with Gasteiger partial charge >= 0.3 is 0 Å². The Balaban J connectivity index is 3.19. The van der Waals surface area contributed by atoms with E-state index < -0.39 is 5.91 Å². The maximum absolute atomic E-state index is 10.6. The number of carbonyl (C=O) groups excluding carboxylic acids is 1. The fourth-order valence-electron chi connectivity index (χ4n) is 0.822. The van der Waals surface area contributed by atoms with Crippen LogP contribution >= 0.6 is 0 Å². The van der Waals surface area contributed by atoms with Gasteiger partial charge in [0.25, 0.3) is 5.91 Å². The number of carbonyl (C=O) groups is 1. The van der Waals surface area contributed by atoms with Gasteiger partial charge in [-0.2, -0.15) is 0 Å². The van der Waals surface area contributed by atoms with E-state index >= 15 is 0 Å². The number of anilines is 1. The summed E-state index contributed by atoms with van der Waals surface area (Å²) in [5, 5.41) is 0. The number of pyridine rings is 1. The highest BCUT2D eigenvalue weighted by Crippen LogP contribution is 2.05. The summed E-state index contributed by atoms with van der Waals surface area (Å²) in [6, 6.07) is 3.13. The minimum absolute atomic E-state index is 0.211. The van der Waals surface area contributed by atoms with Crippen LogP contribution in [0.25, 0.3) is 0 Å². The molecule has 1 heterocycles. The van der Waals surface area contributed by atoms with E-state index in [2.05, 4.69) is 4.98 Å². The van der Waals surface area contributed by atoms with Gasteiger partial charge in [0.1, 0.15) is 5.69 Å². The molecule has 0 aliphatic carbocycles. The summed E-state index contributed by atoms with van der Waals surface area (Å²) in [5.41, 5.74) is 11.9. The predicted octanol–water partition coefficient (Wildman–Crippen LogP) is 0.0711. The molecule has 4 N–H and O–H groups in total. The van der Waals surface area contributed by atoms with Crippen molar-refractivity contribution in [1.82, 2.24) is 4.98 Å². The van der Waals surface area contributed by atoms with Crippen LogP contribution in [0.4, 0.5) is 5.69 Å². The maximum atomic E-state index is 10.6. The minimum Gasteiger partial charge on any atom is -0.399 e. The Morgan fingerprint density at radius 3 is 2.64 bits per heavy atom. The second-order valence-corrected chi connectivity index (χ2v) is 2.29. The van der Waals surface area contributed by atoms with Crippen LogP contribution in [0, 0.1) is 6.92 Å². The Labute approximate surface area is 64.2 Å². The highest BCUT2D eigenvalue weighted by Gasteiger charge is 2.02. The lowest BCUT2D eigenvalue weighted by Crippen LogP contribution is -2.13. The molecule has 0 spiro atoms. The van der Waals surface area contributed by atoms with E-state index in [0.717, 1.165) is 0 Å². The molecule has 4 nitrogen and oxygen atoms in total. The average Bonchev–Trinajstić information content (AvgIpc) is 1.85. The molecule has 1 aromatic heterocycles. The molecule has 4 heteroatoms. The molecule has 0 fully saturated rings. The number of hydrogen-bond donors (Lipinski definition) is 2. The van der Waals surface area contributed by atoms with E-state index in [9.17, 15) is 4.79 Å². The van der Waals surface area contributed by atoms with Gasteiger partial charge in [-0.3, -0.25) is 4.79 Å². The van der Waals surface area contributed by atoms with Gasteiger partial charge in [0, 0.05) is 11.4 Å². The van der Waals surface area contributed by atoms with Gasteiger partial charge in [-0.1, -0.05) is 0 Å². The zero-order valence-electron chi connectivity index (χ0n) is 6.16. The minimum atomic E-state index is -0.555. The van der Waals surface area contributed by atoms with Gasteiger partial charge in [-0.25, -0.2) is 4.98 Å². The molecule has 0 aliphatic heterocycles. The lowest BCUT2D eigenvalue weighted by molar-refractivity contribution is 0.0995. The van der Waals surface area contributed by atoms with Crippen molar-refractivity contribution >= 4 is 11.6 Å². The highest BCUT2D eigenvalue weighted by molar-refractivity contribution is 5.91. The first-order valence-electron chi connectivity index (χ1n) is 3.13. The largest absolute Gasteiger partial charge is 0.399 e. The van der Waals surface area contributed by atoms with Crippen LogP contribution in [0.3, 0.4) is 0 Å². The quantitative estimate of drug-likeness (QED) is 0.595. The summed E-state index contributed by atoms with van der Waals surface area (Å²) in [6.45, 7) is 1.75. The van der Waals surface area contributed by atoms with E-state index in [4.69, 9.17) is 11.5 Å². The Morgan fingerprint density at radius 2 is 2.18 bits per heavy atom. The van der Waals surface area contributed by atoms with Crippen molar-refractivity contribution in [3.63, 3.8) is 0 Å². The van der Waals surface area contributed by atoms with Crippen molar-refractivity contribution in [1.29, 1.82) is 0 Å². The summed E-state index contributed by atoms with van der Waals surface area (Å²) in [4.78, 5) is 14.5. The van der Waals surface area contributed by atoms with Gasteiger partial charge in [-0.05, 0) is 19.1 Å². The molecular weight excluding hydrogens is 142 g/mol. The maximum Gasteiger partial charge on any atom is 0.267 e. The smallest absolute Gasteiger partial charge is 0.267 e. The van der Waals surface area contributed by atoms with Crippen LogP contribution in [0.2, 0.25) is 0 Å². The van der Waals surface area contributed by atoms with Crippen LogP contribution in [0.1, 0.15) is 16.2 Å². The molecule has 0 saturated heterocycles. The molecule has 0 bridgehead atoms. The molecule has 0 atom stereocenters. The van der Waals surface area contributed by atoms with Crippen LogP contribution in [0.15, 0.2) is 12.1 Å². The normalized spacial score (nSPS) is 9.55. The van der Waals surface area contributed by atoms with E-state index in [1.807, 2.05) is 0 Å². The number of amides is 1. The highest BCUT2D eigenvalue weighted by atomic mass is 16.1. The van der Waals surface area contributed by atoms with Crippen molar-refractivity contribution < 1.29 is 4.79 Å². The van der Waals surface area contributed by atoms with Gasteiger partial charge < -0.3 is 11.5 Å². The third kappa shape index (κ3) is 1.67. The number of nitrogens with zero attached hydrogens (tertiary/aromatic N) is 1. The Kier molecular flexibility index (Phi) is 1.76. The topological polar surface area (TPSA) is 82.0 Å². The van der Waals surface area contributed by atoms with E-state index in [1.54, 1.807) is 13.0 Å². The summed E-state index contributed by atoms with van der Waals surface area (Å²) in [7, 11) is 0. The van der Waals surface area contributed by atoms with Gasteiger partial charge in [0.15, 0.2) is 0 Å². The van der Waals surface area contributed by atoms with Crippen molar-refractivity contribution in [3.8, 4) is 0 Å². The molecule has 1 rings (SSSR count). The monoisotopic (exact) mass is 151 g/mol.